The Kier molecular flexibility index (Phi) is 2.17. The molecule has 5 fully saturated rings. The molecule has 5 aliphatic rings. The van der Waals surface area contributed by atoms with Gasteiger partial charge in [-0.3, -0.25) is 4.79 Å². The SMILES string of the molecule is O=C(O)C1CC2OC23CC1(CC1CCCCC1)O3. The fraction of sp³-hybridized carbons (Fsp3) is 0.929. The van der Waals surface area contributed by atoms with Crippen molar-refractivity contribution in [2.45, 2.75) is 68.9 Å². The van der Waals surface area contributed by atoms with Gasteiger partial charge in [-0.05, 0) is 18.8 Å². The quantitative estimate of drug-likeness (QED) is 0.783. The molecule has 100 valence electrons. The lowest BCUT2D eigenvalue weighted by Crippen LogP contribution is -2.64. The molecular formula is C14H20O4. The summed E-state index contributed by atoms with van der Waals surface area (Å²) in [5.41, 5.74) is -0.402. The van der Waals surface area contributed by atoms with Crippen LogP contribution in [0.5, 0.6) is 0 Å². The summed E-state index contributed by atoms with van der Waals surface area (Å²) >= 11 is 0. The molecule has 4 nitrogen and oxygen atoms in total. The molecule has 4 unspecified atom stereocenters. The summed E-state index contributed by atoms with van der Waals surface area (Å²) in [5, 5.41) is 9.43. The molecule has 0 aromatic heterocycles. The highest BCUT2D eigenvalue weighted by Crippen LogP contribution is 2.67. The number of carbonyl (C=O) groups is 1. The zero-order valence-electron chi connectivity index (χ0n) is 10.6. The maximum Gasteiger partial charge on any atom is 0.309 e. The molecule has 4 heteroatoms. The number of hydrogen-bond acceptors (Lipinski definition) is 3. The lowest BCUT2D eigenvalue weighted by molar-refractivity contribution is -0.303. The molecule has 3 aliphatic heterocycles. The van der Waals surface area contributed by atoms with E-state index in [1.807, 2.05) is 0 Å². The molecule has 1 spiro atoms. The Morgan fingerprint density at radius 1 is 1.28 bits per heavy atom. The summed E-state index contributed by atoms with van der Waals surface area (Å²) < 4.78 is 11.5. The zero-order valence-corrected chi connectivity index (χ0v) is 10.6. The van der Waals surface area contributed by atoms with Gasteiger partial charge >= 0.3 is 5.97 Å². The van der Waals surface area contributed by atoms with Crippen molar-refractivity contribution in [1.29, 1.82) is 0 Å². The maximum absolute atomic E-state index is 11.5. The van der Waals surface area contributed by atoms with Crippen molar-refractivity contribution >= 4 is 5.97 Å². The summed E-state index contributed by atoms with van der Waals surface area (Å²) in [4.78, 5) is 11.5. The summed E-state index contributed by atoms with van der Waals surface area (Å²) in [5.74, 6) is -0.739. The summed E-state index contributed by atoms with van der Waals surface area (Å²) in [6.07, 6.45) is 8.88. The van der Waals surface area contributed by atoms with Gasteiger partial charge in [0.15, 0.2) is 5.79 Å². The molecule has 0 radical (unpaired) electrons. The third-order valence-electron chi connectivity index (χ3n) is 5.44. The van der Waals surface area contributed by atoms with Gasteiger partial charge in [-0.1, -0.05) is 32.1 Å². The first-order valence-electron chi connectivity index (χ1n) is 7.24. The lowest BCUT2D eigenvalue weighted by atomic mass is 9.64. The van der Waals surface area contributed by atoms with Crippen LogP contribution in [0.15, 0.2) is 0 Å². The average molecular weight is 252 g/mol. The fourth-order valence-corrected chi connectivity index (χ4v) is 4.52. The van der Waals surface area contributed by atoms with Crippen molar-refractivity contribution in [1.82, 2.24) is 0 Å². The smallest absolute Gasteiger partial charge is 0.309 e. The number of carboxylic acids is 1. The largest absolute Gasteiger partial charge is 0.481 e. The monoisotopic (exact) mass is 252 g/mol. The number of epoxide rings is 1. The highest BCUT2D eigenvalue weighted by Gasteiger charge is 2.79. The topological polar surface area (TPSA) is 59.1 Å². The highest BCUT2D eigenvalue weighted by molar-refractivity contribution is 5.73. The Bertz CT molecular complexity index is 379. The molecule has 2 bridgehead atoms. The van der Waals surface area contributed by atoms with Crippen LogP contribution >= 0.6 is 0 Å². The van der Waals surface area contributed by atoms with Gasteiger partial charge < -0.3 is 14.6 Å². The van der Waals surface area contributed by atoms with E-state index in [2.05, 4.69) is 0 Å². The number of aliphatic carboxylic acids is 1. The van der Waals surface area contributed by atoms with Crippen LogP contribution < -0.4 is 0 Å². The number of fused-ring (bicyclic) bond motifs is 1. The van der Waals surface area contributed by atoms with Crippen molar-refractivity contribution in [3.8, 4) is 0 Å². The van der Waals surface area contributed by atoms with Crippen LogP contribution in [0.4, 0.5) is 0 Å². The second kappa shape index (κ2) is 3.48. The van der Waals surface area contributed by atoms with Crippen molar-refractivity contribution < 1.29 is 19.4 Å². The van der Waals surface area contributed by atoms with Crippen LogP contribution in [0.25, 0.3) is 0 Å². The van der Waals surface area contributed by atoms with Crippen LogP contribution in [0.3, 0.4) is 0 Å². The minimum absolute atomic E-state index is 0.0619. The van der Waals surface area contributed by atoms with Gasteiger partial charge in [0.25, 0.3) is 0 Å². The van der Waals surface area contributed by atoms with Crippen LogP contribution in [-0.2, 0) is 14.3 Å². The van der Waals surface area contributed by atoms with Crippen LogP contribution in [0.2, 0.25) is 0 Å². The molecule has 18 heavy (non-hydrogen) atoms. The normalized spacial score (nSPS) is 50.2. The van der Waals surface area contributed by atoms with E-state index in [0.29, 0.717) is 12.3 Å². The van der Waals surface area contributed by atoms with E-state index in [0.717, 1.165) is 12.8 Å². The Hall–Kier alpha value is -0.610. The van der Waals surface area contributed by atoms with Gasteiger partial charge in [0.2, 0.25) is 0 Å². The van der Waals surface area contributed by atoms with Crippen molar-refractivity contribution in [3.63, 3.8) is 0 Å². The molecule has 3 saturated heterocycles. The van der Waals surface area contributed by atoms with Crippen LogP contribution in [0.1, 0.15) is 51.4 Å². The third-order valence-corrected chi connectivity index (χ3v) is 5.44. The van der Waals surface area contributed by atoms with Gasteiger partial charge in [0, 0.05) is 6.42 Å². The summed E-state index contributed by atoms with van der Waals surface area (Å²) in [7, 11) is 0. The molecule has 2 saturated carbocycles. The van der Waals surface area contributed by atoms with Crippen molar-refractivity contribution in [2.75, 3.05) is 0 Å². The molecule has 1 N–H and O–H groups in total. The second-order valence-electron chi connectivity index (χ2n) is 6.60. The predicted octanol–water partition coefficient (Wildman–Crippen LogP) is 2.32. The Morgan fingerprint density at radius 2 is 2.00 bits per heavy atom. The average Bonchev–Trinajstić information content (AvgIpc) is 3.03. The molecule has 4 atom stereocenters. The lowest BCUT2D eigenvalue weighted by Gasteiger charge is -2.54. The Morgan fingerprint density at radius 3 is 2.67 bits per heavy atom. The number of rotatable bonds is 3. The summed E-state index contributed by atoms with van der Waals surface area (Å²) in [6.45, 7) is 0. The first kappa shape index (κ1) is 11.2. The van der Waals surface area contributed by atoms with E-state index in [4.69, 9.17) is 9.47 Å². The molecule has 0 aromatic carbocycles. The predicted molar refractivity (Wildman–Crippen MR) is 63.0 cm³/mol. The first-order chi connectivity index (χ1) is 8.64. The Labute approximate surface area is 107 Å². The Balaban J connectivity index is 1.52. The first-order valence-corrected chi connectivity index (χ1v) is 7.24. The van der Waals surface area contributed by atoms with E-state index < -0.39 is 11.6 Å². The number of hydrogen-bond donors (Lipinski definition) is 1. The van der Waals surface area contributed by atoms with Crippen LogP contribution in [0, 0.1) is 11.8 Å². The van der Waals surface area contributed by atoms with Gasteiger partial charge in [-0.2, -0.15) is 0 Å². The minimum atomic E-state index is -0.699. The van der Waals surface area contributed by atoms with E-state index in [1.54, 1.807) is 0 Å². The third kappa shape index (κ3) is 1.42. The molecule has 0 amide bonds. The van der Waals surface area contributed by atoms with Gasteiger partial charge in [0.1, 0.15) is 6.10 Å². The van der Waals surface area contributed by atoms with E-state index in [9.17, 15) is 9.90 Å². The second-order valence-corrected chi connectivity index (χ2v) is 6.60. The highest BCUT2D eigenvalue weighted by atomic mass is 16.8. The van der Waals surface area contributed by atoms with E-state index in [1.165, 1.54) is 32.1 Å². The molecule has 2 aliphatic carbocycles. The zero-order chi connectivity index (χ0) is 12.4. The molecule has 0 aromatic rings. The number of carboxylic acid groups (broad SMARTS) is 1. The molecular weight excluding hydrogens is 232 g/mol. The minimum Gasteiger partial charge on any atom is -0.481 e. The maximum atomic E-state index is 11.5. The molecule has 5 rings (SSSR count). The molecule has 3 heterocycles. The van der Waals surface area contributed by atoms with Crippen LogP contribution in [-0.4, -0.2) is 28.6 Å². The standard InChI is InChI=1S/C14H20O4/c15-12(16)10-6-11-14(17-11)8-13(10,18-14)7-9-4-2-1-3-5-9/h9-11H,1-8H2,(H,15,16). The van der Waals surface area contributed by atoms with Crippen molar-refractivity contribution in [3.05, 3.63) is 0 Å². The van der Waals surface area contributed by atoms with Gasteiger partial charge in [-0.25, -0.2) is 0 Å². The van der Waals surface area contributed by atoms with E-state index >= 15 is 0 Å². The fourth-order valence-electron chi connectivity index (χ4n) is 4.52. The van der Waals surface area contributed by atoms with Crippen molar-refractivity contribution in [2.24, 2.45) is 11.8 Å². The number of ether oxygens (including phenoxy) is 2. The summed E-state index contributed by atoms with van der Waals surface area (Å²) in [6, 6.07) is 0. The van der Waals surface area contributed by atoms with Gasteiger partial charge in [0.05, 0.1) is 11.5 Å². The van der Waals surface area contributed by atoms with Gasteiger partial charge in [-0.15, -0.1) is 0 Å². The van der Waals surface area contributed by atoms with E-state index in [-0.39, 0.29) is 17.8 Å².